The van der Waals surface area contributed by atoms with Crippen LogP contribution in [0.15, 0.2) is 106 Å². The van der Waals surface area contributed by atoms with Gasteiger partial charge in [-0.05, 0) is 127 Å². The second kappa shape index (κ2) is 11.5. The van der Waals surface area contributed by atoms with Crippen molar-refractivity contribution in [1.29, 1.82) is 0 Å². The van der Waals surface area contributed by atoms with Crippen molar-refractivity contribution < 1.29 is 23.7 Å². The Hall–Kier alpha value is -3.90. The van der Waals surface area contributed by atoms with Crippen molar-refractivity contribution in [3.05, 3.63) is 96.6 Å². The van der Waals surface area contributed by atoms with Crippen molar-refractivity contribution in [2.45, 2.75) is 65.9 Å². The predicted octanol–water partition coefficient (Wildman–Crippen LogP) is 8.87. The number of carbonyl (C=O) groups excluding carboxylic acids is 1. The topological polar surface area (TPSA) is 54.0 Å². The van der Waals surface area contributed by atoms with Crippen LogP contribution in [0.4, 0.5) is 0 Å². The highest BCUT2D eigenvalue weighted by Gasteiger charge is 2.57. The molecule has 45 heavy (non-hydrogen) atoms. The van der Waals surface area contributed by atoms with Gasteiger partial charge in [0.15, 0.2) is 18.1 Å². The minimum absolute atomic E-state index is 0.0725. The number of esters is 1. The fourth-order valence-corrected chi connectivity index (χ4v) is 11.3. The van der Waals surface area contributed by atoms with Crippen LogP contribution < -0.4 is 14.2 Å². The molecule has 4 fully saturated rings. The summed E-state index contributed by atoms with van der Waals surface area (Å²) in [5.41, 5.74) is 3.30. The molecule has 0 radical (unpaired) electrons. The molecule has 4 aromatic carbocycles. The quantitative estimate of drug-likeness (QED) is 0.132. The van der Waals surface area contributed by atoms with Crippen molar-refractivity contribution in [3.8, 4) is 28.4 Å². The molecule has 0 spiro atoms. The Balaban J connectivity index is 0.911. The Labute approximate surface area is 268 Å². The fourth-order valence-electron chi connectivity index (χ4n) is 8.66. The molecule has 4 bridgehead atoms. The van der Waals surface area contributed by atoms with Crippen molar-refractivity contribution in [1.82, 2.24) is 0 Å². The molecular formula is C39H40O5S. The zero-order valence-corrected chi connectivity index (χ0v) is 26.8. The summed E-state index contributed by atoms with van der Waals surface area (Å²) in [5, 5.41) is 0. The molecule has 6 heteroatoms. The number of hydrogen-bond acceptors (Lipinski definition) is 5. The van der Waals surface area contributed by atoms with E-state index in [4.69, 9.17) is 18.9 Å². The summed E-state index contributed by atoms with van der Waals surface area (Å²) in [6.07, 6.45) is 6.22. The number of methoxy groups -OCH3 is 1. The maximum absolute atomic E-state index is 12.9. The Morgan fingerprint density at radius 1 is 0.756 bits per heavy atom. The summed E-state index contributed by atoms with van der Waals surface area (Å²) < 4.78 is 24.0. The molecule has 0 aromatic heterocycles. The molecule has 0 unspecified atom stereocenters. The van der Waals surface area contributed by atoms with Gasteiger partial charge in [-0.15, -0.1) is 0 Å². The standard InChI is InChI=1S/C39H40O5S/c1-39(28-18-26-17-27(20-28)21-29(39)19-26)44-38(40)24-42-30-13-11-25(12-14-30)23-43-35-22-31(15-16-34(35)41-2)45-36-9-5-3-7-32(36)33-8-4-6-10-37(33)45/h3-16,22,26-29,45H,17-21,23-24H2,1-2H3. The van der Waals surface area contributed by atoms with Gasteiger partial charge < -0.3 is 18.9 Å². The molecule has 4 aromatic rings. The number of ether oxygens (including phenoxy) is 4. The third-order valence-corrected chi connectivity index (χ3v) is 13.3. The van der Waals surface area contributed by atoms with E-state index in [0.717, 1.165) is 23.1 Å². The van der Waals surface area contributed by atoms with Gasteiger partial charge in [0.2, 0.25) is 0 Å². The lowest BCUT2D eigenvalue weighted by molar-refractivity contribution is -0.204. The van der Waals surface area contributed by atoms with Crippen molar-refractivity contribution in [2.24, 2.45) is 23.7 Å². The van der Waals surface area contributed by atoms with Gasteiger partial charge in [0.25, 0.3) is 0 Å². The minimum Gasteiger partial charge on any atom is -0.493 e. The Bertz CT molecular complexity index is 1660. The van der Waals surface area contributed by atoms with Gasteiger partial charge in [-0.1, -0.05) is 48.5 Å². The van der Waals surface area contributed by atoms with Crippen LogP contribution in [-0.2, 0) is 16.1 Å². The van der Waals surface area contributed by atoms with Crippen LogP contribution in [0, 0.1) is 23.7 Å². The molecule has 1 heterocycles. The van der Waals surface area contributed by atoms with Gasteiger partial charge in [0, 0.05) is 9.79 Å². The van der Waals surface area contributed by atoms with Crippen LogP contribution in [0.2, 0.25) is 0 Å². The van der Waals surface area contributed by atoms with Crippen LogP contribution in [0.1, 0.15) is 44.6 Å². The Kier molecular flexibility index (Phi) is 7.28. The van der Waals surface area contributed by atoms with Gasteiger partial charge in [-0.2, -0.15) is 10.9 Å². The zero-order valence-electron chi connectivity index (χ0n) is 25.9. The SMILES string of the molecule is COc1ccc([SH]2c3ccccc3-c3ccccc32)cc1OCc1ccc(OCC(=O)OC2(C)C3CC4CC(C3)CC2C4)cc1. The third-order valence-electron chi connectivity index (χ3n) is 10.8. The molecule has 0 atom stereocenters. The average Bonchev–Trinajstić information content (AvgIpc) is 3.40. The number of hydrogen-bond donors (Lipinski definition) is 1. The predicted molar refractivity (Wildman–Crippen MR) is 176 cm³/mol. The molecular weight excluding hydrogens is 580 g/mol. The number of benzene rings is 4. The highest BCUT2D eigenvalue weighted by atomic mass is 32.2. The van der Waals surface area contributed by atoms with Gasteiger partial charge in [-0.3, -0.25) is 0 Å². The minimum atomic E-state index is -0.687. The average molecular weight is 621 g/mol. The zero-order chi connectivity index (χ0) is 30.5. The van der Waals surface area contributed by atoms with E-state index < -0.39 is 10.9 Å². The first-order valence-corrected chi connectivity index (χ1v) is 17.6. The van der Waals surface area contributed by atoms with E-state index in [1.165, 1.54) is 57.9 Å². The molecule has 0 amide bonds. The van der Waals surface area contributed by atoms with E-state index in [2.05, 4.69) is 67.6 Å². The normalized spacial score (nSPS) is 26.2. The van der Waals surface area contributed by atoms with Crippen LogP contribution in [0.5, 0.6) is 17.2 Å². The first-order valence-electron chi connectivity index (χ1n) is 16.2. The molecule has 232 valence electrons. The second-order valence-corrected chi connectivity index (χ2v) is 15.5. The molecule has 4 aliphatic carbocycles. The fraction of sp³-hybridized carbons (Fsp3) is 0.359. The molecule has 0 N–H and O–H groups in total. The van der Waals surface area contributed by atoms with Crippen molar-refractivity contribution >= 4 is 16.9 Å². The summed E-state index contributed by atoms with van der Waals surface area (Å²) >= 11 is 0. The largest absolute Gasteiger partial charge is 0.493 e. The van der Waals surface area contributed by atoms with Gasteiger partial charge in [0.05, 0.1) is 7.11 Å². The number of fused-ring (bicyclic) bond motifs is 3. The van der Waals surface area contributed by atoms with E-state index in [1.54, 1.807) is 7.11 Å². The van der Waals surface area contributed by atoms with E-state index in [0.29, 0.717) is 29.9 Å². The molecule has 0 saturated heterocycles. The lowest BCUT2D eigenvalue weighted by Gasteiger charge is -2.59. The number of rotatable bonds is 9. The monoisotopic (exact) mass is 620 g/mol. The maximum Gasteiger partial charge on any atom is 0.344 e. The van der Waals surface area contributed by atoms with Crippen LogP contribution >= 0.6 is 10.9 Å². The lowest BCUT2D eigenvalue weighted by Crippen LogP contribution is -2.58. The second-order valence-electron chi connectivity index (χ2n) is 13.4. The number of thiol groups is 1. The van der Waals surface area contributed by atoms with E-state index in [1.807, 2.05) is 30.3 Å². The van der Waals surface area contributed by atoms with Crippen molar-refractivity contribution in [3.63, 3.8) is 0 Å². The Morgan fingerprint density at radius 3 is 2.00 bits per heavy atom. The van der Waals surface area contributed by atoms with Gasteiger partial charge in [0.1, 0.15) is 18.0 Å². The smallest absolute Gasteiger partial charge is 0.344 e. The number of carbonyl (C=O) groups is 1. The third kappa shape index (κ3) is 5.17. The molecule has 4 saturated carbocycles. The summed E-state index contributed by atoms with van der Waals surface area (Å²) in [6, 6.07) is 31.5. The summed E-state index contributed by atoms with van der Waals surface area (Å²) in [6.45, 7) is 2.48. The molecule has 1 aliphatic heterocycles. The van der Waals surface area contributed by atoms with Gasteiger partial charge >= 0.3 is 5.97 Å². The summed E-state index contributed by atoms with van der Waals surface area (Å²) in [4.78, 5) is 16.9. The highest BCUT2D eigenvalue weighted by molar-refractivity contribution is 8.17. The highest BCUT2D eigenvalue weighted by Crippen LogP contribution is 2.63. The summed E-state index contributed by atoms with van der Waals surface area (Å²) in [7, 11) is 0.988. The maximum atomic E-state index is 12.9. The lowest BCUT2D eigenvalue weighted by atomic mass is 9.50. The van der Waals surface area contributed by atoms with Gasteiger partial charge in [-0.25, -0.2) is 4.79 Å². The van der Waals surface area contributed by atoms with Crippen LogP contribution in [0.3, 0.4) is 0 Å². The van der Waals surface area contributed by atoms with Crippen LogP contribution in [-0.4, -0.2) is 25.3 Å². The molecule has 5 aliphatic rings. The van der Waals surface area contributed by atoms with E-state index in [-0.39, 0.29) is 18.2 Å². The van der Waals surface area contributed by atoms with E-state index >= 15 is 0 Å². The Morgan fingerprint density at radius 2 is 1.38 bits per heavy atom. The first-order chi connectivity index (χ1) is 22.0. The molecule has 5 nitrogen and oxygen atoms in total. The first kappa shape index (κ1) is 28.6. The van der Waals surface area contributed by atoms with Crippen molar-refractivity contribution in [2.75, 3.05) is 13.7 Å². The molecule has 9 rings (SSSR count). The van der Waals surface area contributed by atoms with Crippen LogP contribution in [0.25, 0.3) is 11.1 Å². The van der Waals surface area contributed by atoms with E-state index in [9.17, 15) is 4.79 Å². The summed E-state index contributed by atoms with van der Waals surface area (Å²) in [5.74, 6) is 4.49.